The minimum Gasteiger partial charge on any atom is -0.477 e. The Bertz CT molecular complexity index is 545. The van der Waals surface area contributed by atoms with Crippen molar-refractivity contribution in [2.75, 3.05) is 0 Å². The van der Waals surface area contributed by atoms with Crippen molar-refractivity contribution in [2.24, 2.45) is 5.73 Å². The number of aromatic nitrogens is 2. The van der Waals surface area contributed by atoms with E-state index in [0.29, 0.717) is 0 Å². The average molecular weight is 281 g/mol. The van der Waals surface area contributed by atoms with Crippen molar-refractivity contribution >= 4 is 11.9 Å². The van der Waals surface area contributed by atoms with Crippen LogP contribution in [0.15, 0.2) is 36.7 Å². The first-order valence-electron chi connectivity index (χ1n) is 5.16. The highest BCUT2D eigenvalue weighted by Gasteiger charge is 2.02. The Kier molecular flexibility index (Phi) is 5.21. The standard InChI is InChI=1S/C6H5FN2O.C6H4FNO2/c7-4-1-2-5(6(8)10)9-3-4;7-4-1-2-5(6(9)10)8-3-4/h1-3H,(H2,8,10);1-3H,(H,9,10). The van der Waals surface area contributed by atoms with E-state index in [-0.39, 0.29) is 11.4 Å². The van der Waals surface area contributed by atoms with E-state index in [4.69, 9.17) is 10.8 Å². The number of carboxylic acids is 1. The Morgan fingerprint density at radius 1 is 0.950 bits per heavy atom. The molecule has 0 atom stereocenters. The van der Waals surface area contributed by atoms with E-state index in [0.717, 1.165) is 30.6 Å². The van der Waals surface area contributed by atoms with E-state index < -0.39 is 23.5 Å². The smallest absolute Gasteiger partial charge is 0.354 e. The van der Waals surface area contributed by atoms with Crippen molar-refractivity contribution in [1.29, 1.82) is 0 Å². The molecule has 104 valence electrons. The molecule has 0 aromatic carbocycles. The van der Waals surface area contributed by atoms with Crippen molar-refractivity contribution in [2.45, 2.75) is 0 Å². The van der Waals surface area contributed by atoms with Gasteiger partial charge in [0, 0.05) is 0 Å². The van der Waals surface area contributed by atoms with Gasteiger partial charge in [0.1, 0.15) is 23.0 Å². The normalized spacial score (nSPS) is 9.30. The lowest BCUT2D eigenvalue weighted by Gasteiger charge is -1.90. The molecule has 2 aromatic heterocycles. The van der Waals surface area contributed by atoms with E-state index in [1.165, 1.54) is 6.07 Å². The van der Waals surface area contributed by atoms with E-state index in [1.807, 2.05) is 0 Å². The highest BCUT2D eigenvalue weighted by molar-refractivity contribution is 5.90. The summed E-state index contributed by atoms with van der Waals surface area (Å²) in [5, 5.41) is 8.29. The summed E-state index contributed by atoms with van der Waals surface area (Å²) < 4.78 is 24.2. The molecule has 1 amide bonds. The lowest BCUT2D eigenvalue weighted by Crippen LogP contribution is -2.12. The fourth-order valence-electron chi connectivity index (χ4n) is 1.02. The number of pyridine rings is 2. The molecule has 0 aliphatic carbocycles. The number of carbonyl (C=O) groups excluding carboxylic acids is 1. The monoisotopic (exact) mass is 281 g/mol. The van der Waals surface area contributed by atoms with Gasteiger partial charge in [-0.25, -0.2) is 23.5 Å². The molecule has 6 nitrogen and oxygen atoms in total. The summed E-state index contributed by atoms with van der Waals surface area (Å²) in [6.07, 6.45) is 1.81. The molecule has 2 aromatic rings. The number of nitrogens with two attached hydrogens (primary N) is 1. The number of rotatable bonds is 2. The quantitative estimate of drug-likeness (QED) is 0.861. The molecular formula is C12H9F2N3O3. The molecule has 2 rings (SSSR count). The summed E-state index contributed by atoms with van der Waals surface area (Å²) in [5.41, 5.74) is 4.76. The number of carboxylic acid groups (broad SMARTS) is 1. The predicted molar refractivity (Wildman–Crippen MR) is 63.9 cm³/mol. The second-order valence-corrected chi connectivity index (χ2v) is 3.39. The highest BCUT2D eigenvalue weighted by Crippen LogP contribution is 1.97. The minimum absolute atomic E-state index is 0.0707. The molecule has 0 saturated carbocycles. The zero-order valence-corrected chi connectivity index (χ0v) is 9.96. The molecule has 0 bridgehead atoms. The first-order chi connectivity index (χ1) is 9.40. The van der Waals surface area contributed by atoms with Crippen molar-refractivity contribution < 1.29 is 23.5 Å². The molecule has 0 spiro atoms. The molecule has 0 unspecified atom stereocenters. The Morgan fingerprint density at radius 2 is 1.40 bits per heavy atom. The van der Waals surface area contributed by atoms with Gasteiger partial charge in [0.15, 0.2) is 0 Å². The number of carbonyl (C=O) groups is 2. The Labute approximate surface area is 111 Å². The molecule has 0 saturated heterocycles. The van der Waals surface area contributed by atoms with E-state index in [1.54, 1.807) is 0 Å². The van der Waals surface area contributed by atoms with Gasteiger partial charge in [-0.15, -0.1) is 0 Å². The Hall–Kier alpha value is -2.90. The summed E-state index contributed by atoms with van der Waals surface area (Å²) >= 11 is 0. The second-order valence-electron chi connectivity index (χ2n) is 3.39. The van der Waals surface area contributed by atoms with E-state index in [9.17, 15) is 18.4 Å². The van der Waals surface area contributed by atoms with Crippen LogP contribution in [0.1, 0.15) is 21.0 Å². The fourth-order valence-corrected chi connectivity index (χ4v) is 1.02. The Balaban J connectivity index is 0.000000200. The van der Waals surface area contributed by atoms with Gasteiger partial charge >= 0.3 is 5.97 Å². The topological polar surface area (TPSA) is 106 Å². The molecule has 0 aliphatic heterocycles. The van der Waals surface area contributed by atoms with Crippen molar-refractivity contribution in [3.8, 4) is 0 Å². The van der Waals surface area contributed by atoms with Gasteiger partial charge in [-0.1, -0.05) is 0 Å². The fraction of sp³-hybridized carbons (Fsp3) is 0. The first-order valence-corrected chi connectivity index (χ1v) is 5.16. The maximum absolute atomic E-state index is 12.1. The van der Waals surface area contributed by atoms with Crippen molar-refractivity contribution in [3.63, 3.8) is 0 Å². The molecule has 0 radical (unpaired) electrons. The maximum atomic E-state index is 12.1. The van der Waals surface area contributed by atoms with Crippen LogP contribution in [0, 0.1) is 11.6 Å². The summed E-state index contributed by atoms with van der Waals surface area (Å²) in [4.78, 5) is 27.2. The van der Waals surface area contributed by atoms with Crippen LogP contribution in [0.2, 0.25) is 0 Å². The van der Waals surface area contributed by atoms with Gasteiger partial charge in [-0.05, 0) is 24.3 Å². The van der Waals surface area contributed by atoms with Crippen LogP contribution in [0.4, 0.5) is 8.78 Å². The number of halogens is 2. The van der Waals surface area contributed by atoms with Gasteiger partial charge in [0.25, 0.3) is 5.91 Å². The van der Waals surface area contributed by atoms with Crippen LogP contribution in [0.5, 0.6) is 0 Å². The van der Waals surface area contributed by atoms with Gasteiger partial charge in [-0.2, -0.15) is 0 Å². The van der Waals surface area contributed by atoms with Crippen LogP contribution in [0.3, 0.4) is 0 Å². The molecular weight excluding hydrogens is 272 g/mol. The van der Waals surface area contributed by atoms with E-state index in [2.05, 4.69) is 9.97 Å². The molecule has 2 heterocycles. The van der Waals surface area contributed by atoms with Crippen LogP contribution in [-0.2, 0) is 0 Å². The summed E-state index contributed by atoms with van der Waals surface area (Å²) in [5.74, 6) is -2.82. The number of hydrogen-bond acceptors (Lipinski definition) is 4. The Morgan fingerprint density at radius 3 is 1.70 bits per heavy atom. The zero-order chi connectivity index (χ0) is 15.1. The molecule has 0 aliphatic rings. The predicted octanol–water partition coefficient (Wildman–Crippen LogP) is 1.24. The molecule has 20 heavy (non-hydrogen) atoms. The van der Waals surface area contributed by atoms with Gasteiger partial charge in [-0.3, -0.25) is 4.79 Å². The number of nitrogens with zero attached hydrogens (tertiary/aromatic N) is 2. The van der Waals surface area contributed by atoms with Gasteiger partial charge in [0.2, 0.25) is 0 Å². The molecule has 0 fully saturated rings. The molecule has 3 N–H and O–H groups in total. The highest BCUT2D eigenvalue weighted by atomic mass is 19.1. The minimum atomic E-state index is -1.15. The lowest BCUT2D eigenvalue weighted by molar-refractivity contribution is 0.0690. The number of hydrogen-bond donors (Lipinski definition) is 2. The number of amides is 1. The SMILES string of the molecule is NC(=O)c1ccc(F)cn1.O=C(O)c1ccc(F)cn1. The van der Waals surface area contributed by atoms with Crippen LogP contribution >= 0.6 is 0 Å². The zero-order valence-electron chi connectivity index (χ0n) is 9.96. The van der Waals surface area contributed by atoms with Gasteiger partial charge < -0.3 is 10.8 Å². The second kappa shape index (κ2) is 6.88. The summed E-state index contributed by atoms with van der Waals surface area (Å²) in [6.45, 7) is 0. The third-order valence-electron chi connectivity index (χ3n) is 1.93. The number of primary amides is 1. The van der Waals surface area contributed by atoms with Crippen LogP contribution in [0.25, 0.3) is 0 Å². The maximum Gasteiger partial charge on any atom is 0.354 e. The largest absolute Gasteiger partial charge is 0.477 e. The lowest BCUT2D eigenvalue weighted by atomic mass is 10.3. The summed E-state index contributed by atoms with van der Waals surface area (Å²) in [6, 6.07) is 4.53. The van der Waals surface area contributed by atoms with Crippen molar-refractivity contribution in [1.82, 2.24) is 9.97 Å². The third kappa shape index (κ3) is 4.77. The first kappa shape index (κ1) is 15.2. The van der Waals surface area contributed by atoms with E-state index >= 15 is 0 Å². The van der Waals surface area contributed by atoms with Crippen LogP contribution in [-0.4, -0.2) is 27.0 Å². The van der Waals surface area contributed by atoms with Crippen molar-refractivity contribution in [3.05, 3.63) is 59.7 Å². The third-order valence-corrected chi connectivity index (χ3v) is 1.93. The van der Waals surface area contributed by atoms with Crippen LogP contribution < -0.4 is 5.73 Å². The van der Waals surface area contributed by atoms with Gasteiger partial charge in [0.05, 0.1) is 12.4 Å². The average Bonchev–Trinajstić information content (AvgIpc) is 2.40. The summed E-state index contributed by atoms with van der Waals surface area (Å²) in [7, 11) is 0. The number of aromatic carboxylic acids is 1. The molecule has 8 heteroatoms.